The summed E-state index contributed by atoms with van der Waals surface area (Å²) in [5.74, 6) is 0.894. The molecule has 0 spiro atoms. The molecule has 0 rings (SSSR count). The van der Waals surface area contributed by atoms with Crippen LogP contribution in [0.25, 0.3) is 0 Å². The average molecular weight is 264 g/mol. The van der Waals surface area contributed by atoms with E-state index in [9.17, 15) is 4.79 Å². The maximum atomic E-state index is 11.8. The van der Waals surface area contributed by atoms with Crippen molar-refractivity contribution in [2.24, 2.45) is 5.92 Å². The second kappa shape index (κ2) is 7.27. The minimum absolute atomic E-state index is 0.285. The lowest BCUT2D eigenvalue weighted by Gasteiger charge is -2.26. The second-order valence-corrected chi connectivity index (χ2v) is 5.10. The third kappa shape index (κ3) is 5.63. The molecule has 0 aromatic rings. The fourth-order valence-electron chi connectivity index (χ4n) is 1.32. The van der Waals surface area contributed by atoms with Crippen LogP contribution in [0.1, 0.15) is 40.5 Å². The van der Waals surface area contributed by atoms with Crippen LogP contribution in [0.3, 0.4) is 0 Å². The monoisotopic (exact) mass is 263 g/mol. The number of alkyl halides is 1. The van der Waals surface area contributed by atoms with E-state index in [1.165, 1.54) is 0 Å². The van der Waals surface area contributed by atoms with Crippen LogP contribution in [0.5, 0.6) is 0 Å². The maximum absolute atomic E-state index is 11.8. The molecule has 1 amide bonds. The highest BCUT2D eigenvalue weighted by molar-refractivity contribution is 9.09. The van der Waals surface area contributed by atoms with E-state index in [0.29, 0.717) is 18.4 Å². The van der Waals surface area contributed by atoms with Crippen molar-refractivity contribution < 1.29 is 4.79 Å². The smallest absolute Gasteiger partial charge is 0.222 e. The molecule has 0 bridgehead atoms. The first kappa shape index (κ1) is 13.9. The van der Waals surface area contributed by atoms with Gasteiger partial charge in [0.25, 0.3) is 0 Å². The van der Waals surface area contributed by atoms with Crippen LogP contribution in [0.2, 0.25) is 0 Å². The molecule has 2 nitrogen and oxygen atoms in total. The van der Waals surface area contributed by atoms with Gasteiger partial charge >= 0.3 is 0 Å². The zero-order valence-electron chi connectivity index (χ0n) is 9.72. The minimum Gasteiger partial charge on any atom is -0.339 e. The highest BCUT2D eigenvalue weighted by atomic mass is 79.9. The van der Waals surface area contributed by atoms with Gasteiger partial charge in [-0.25, -0.2) is 0 Å². The molecule has 0 saturated heterocycles. The lowest BCUT2D eigenvalue weighted by atomic mass is 10.1. The Hall–Kier alpha value is -0.0500. The van der Waals surface area contributed by atoms with Crippen molar-refractivity contribution in [1.29, 1.82) is 0 Å². The van der Waals surface area contributed by atoms with Gasteiger partial charge in [-0.1, -0.05) is 29.8 Å². The van der Waals surface area contributed by atoms with Gasteiger partial charge in [0.1, 0.15) is 0 Å². The van der Waals surface area contributed by atoms with Crippen LogP contribution in [0.15, 0.2) is 0 Å². The number of halogens is 1. The van der Waals surface area contributed by atoms with Gasteiger partial charge in [-0.05, 0) is 26.2 Å². The first-order chi connectivity index (χ1) is 6.49. The molecule has 0 fully saturated rings. The third-order valence-electron chi connectivity index (χ3n) is 2.20. The van der Waals surface area contributed by atoms with Crippen LogP contribution in [0, 0.1) is 5.92 Å². The van der Waals surface area contributed by atoms with Crippen LogP contribution in [0.4, 0.5) is 0 Å². The first-order valence-electron chi connectivity index (χ1n) is 5.34. The van der Waals surface area contributed by atoms with Crippen molar-refractivity contribution in [3.8, 4) is 0 Å². The SMILES string of the molecule is CC(C)CCC(=O)N(CCBr)C(C)C. The van der Waals surface area contributed by atoms with E-state index in [1.807, 2.05) is 4.90 Å². The Kier molecular flexibility index (Phi) is 7.24. The number of carbonyl (C=O) groups excluding carboxylic acids is 1. The number of nitrogens with zero attached hydrogens (tertiary/aromatic N) is 1. The Balaban J connectivity index is 4.02. The Morgan fingerprint density at radius 1 is 1.29 bits per heavy atom. The molecule has 0 aromatic carbocycles. The topological polar surface area (TPSA) is 20.3 Å². The van der Waals surface area contributed by atoms with Crippen LogP contribution < -0.4 is 0 Å². The molecule has 14 heavy (non-hydrogen) atoms. The second-order valence-electron chi connectivity index (χ2n) is 4.30. The van der Waals surface area contributed by atoms with Gasteiger partial charge in [0, 0.05) is 24.3 Å². The van der Waals surface area contributed by atoms with Crippen LogP contribution >= 0.6 is 15.9 Å². The molecule has 0 radical (unpaired) electrons. The number of carbonyl (C=O) groups is 1. The molecule has 0 heterocycles. The van der Waals surface area contributed by atoms with Crippen molar-refractivity contribution >= 4 is 21.8 Å². The van der Waals surface area contributed by atoms with Crippen molar-refractivity contribution in [2.75, 3.05) is 11.9 Å². The molecular weight excluding hydrogens is 242 g/mol. The standard InChI is InChI=1S/C11H22BrNO/c1-9(2)5-6-11(14)13(8-7-12)10(3)4/h9-10H,5-8H2,1-4H3. The summed E-state index contributed by atoms with van der Waals surface area (Å²) >= 11 is 3.37. The number of hydrogen-bond acceptors (Lipinski definition) is 1. The highest BCUT2D eigenvalue weighted by Crippen LogP contribution is 2.09. The summed E-state index contributed by atoms with van der Waals surface area (Å²) < 4.78 is 0. The van der Waals surface area contributed by atoms with Gasteiger partial charge in [-0.2, -0.15) is 0 Å². The summed E-state index contributed by atoms with van der Waals surface area (Å²) in [7, 11) is 0. The predicted molar refractivity (Wildman–Crippen MR) is 64.7 cm³/mol. The molecule has 0 unspecified atom stereocenters. The summed E-state index contributed by atoms with van der Waals surface area (Å²) in [4.78, 5) is 13.7. The molecule has 0 N–H and O–H groups in total. The first-order valence-corrected chi connectivity index (χ1v) is 6.46. The summed E-state index contributed by atoms with van der Waals surface area (Å²) in [5.41, 5.74) is 0. The fourth-order valence-corrected chi connectivity index (χ4v) is 1.70. The molecule has 0 saturated carbocycles. The minimum atomic E-state index is 0.285. The van der Waals surface area contributed by atoms with Crippen LogP contribution in [-0.2, 0) is 4.79 Å². The maximum Gasteiger partial charge on any atom is 0.222 e. The van der Waals surface area contributed by atoms with Crippen molar-refractivity contribution in [1.82, 2.24) is 4.90 Å². The Bertz CT molecular complexity index is 169. The van der Waals surface area contributed by atoms with E-state index < -0.39 is 0 Å². The quantitative estimate of drug-likeness (QED) is 0.675. The Morgan fingerprint density at radius 3 is 2.21 bits per heavy atom. The molecule has 0 aromatic heterocycles. The van der Waals surface area contributed by atoms with E-state index in [0.717, 1.165) is 18.3 Å². The average Bonchev–Trinajstić information content (AvgIpc) is 2.09. The van der Waals surface area contributed by atoms with Gasteiger partial charge in [0.05, 0.1) is 0 Å². The third-order valence-corrected chi connectivity index (χ3v) is 2.56. The van der Waals surface area contributed by atoms with E-state index >= 15 is 0 Å². The van der Waals surface area contributed by atoms with Gasteiger partial charge in [0.2, 0.25) is 5.91 Å². The van der Waals surface area contributed by atoms with E-state index in [-0.39, 0.29) is 5.91 Å². The zero-order chi connectivity index (χ0) is 11.1. The number of rotatable bonds is 6. The zero-order valence-corrected chi connectivity index (χ0v) is 11.3. The van der Waals surface area contributed by atoms with E-state index in [2.05, 4.69) is 43.6 Å². The Morgan fingerprint density at radius 2 is 1.86 bits per heavy atom. The lowest BCUT2D eigenvalue weighted by Crippen LogP contribution is -2.38. The summed E-state index contributed by atoms with van der Waals surface area (Å²) in [6.45, 7) is 9.25. The van der Waals surface area contributed by atoms with Crippen molar-refractivity contribution in [3.63, 3.8) is 0 Å². The Labute approximate surface area is 96.2 Å². The molecule has 0 aliphatic rings. The highest BCUT2D eigenvalue weighted by Gasteiger charge is 2.15. The molecule has 0 atom stereocenters. The predicted octanol–water partition coefficient (Wildman–Crippen LogP) is 3.05. The van der Waals surface area contributed by atoms with Crippen LogP contribution in [-0.4, -0.2) is 28.7 Å². The molecule has 84 valence electrons. The normalized spacial score (nSPS) is 11.1. The van der Waals surface area contributed by atoms with E-state index in [1.54, 1.807) is 0 Å². The number of amides is 1. The van der Waals surface area contributed by atoms with Gasteiger partial charge in [-0.3, -0.25) is 4.79 Å². The van der Waals surface area contributed by atoms with Gasteiger partial charge < -0.3 is 4.90 Å². The largest absolute Gasteiger partial charge is 0.339 e. The molecule has 3 heteroatoms. The van der Waals surface area contributed by atoms with E-state index in [4.69, 9.17) is 0 Å². The van der Waals surface area contributed by atoms with Crippen molar-refractivity contribution in [2.45, 2.75) is 46.6 Å². The van der Waals surface area contributed by atoms with Gasteiger partial charge in [-0.15, -0.1) is 0 Å². The lowest BCUT2D eigenvalue weighted by molar-refractivity contribution is -0.132. The fraction of sp³-hybridized carbons (Fsp3) is 0.909. The van der Waals surface area contributed by atoms with Crippen molar-refractivity contribution in [3.05, 3.63) is 0 Å². The molecule has 0 aliphatic carbocycles. The summed E-state index contributed by atoms with van der Waals surface area (Å²) in [6.07, 6.45) is 1.67. The molecular formula is C11H22BrNO. The molecule has 0 aliphatic heterocycles. The van der Waals surface area contributed by atoms with Gasteiger partial charge in [0.15, 0.2) is 0 Å². The summed E-state index contributed by atoms with van der Waals surface area (Å²) in [5, 5.41) is 0.860. The number of hydrogen-bond donors (Lipinski definition) is 0. The summed E-state index contributed by atoms with van der Waals surface area (Å²) in [6, 6.07) is 0.312.